The first-order valence-electron chi connectivity index (χ1n) is 4.56. The molecule has 5 heteroatoms. The summed E-state index contributed by atoms with van der Waals surface area (Å²) in [4.78, 5) is 22.0. The molecule has 1 N–H and O–H groups in total. The lowest BCUT2D eigenvalue weighted by molar-refractivity contribution is -0.120. The van der Waals surface area contributed by atoms with Crippen LogP contribution in [0.3, 0.4) is 0 Å². The van der Waals surface area contributed by atoms with Crippen molar-refractivity contribution in [3.8, 4) is 0 Å². The summed E-state index contributed by atoms with van der Waals surface area (Å²) in [5.41, 5.74) is 0. The summed E-state index contributed by atoms with van der Waals surface area (Å²) >= 11 is 5.44. The van der Waals surface area contributed by atoms with Crippen LogP contribution in [0.1, 0.15) is 19.8 Å². The van der Waals surface area contributed by atoms with E-state index in [9.17, 15) is 9.59 Å². The average Bonchev–Trinajstić information content (AvgIpc) is 2.22. The van der Waals surface area contributed by atoms with Crippen LogP contribution < -0.4 is 5.32 Å². The standard InChI is InChI=1S/C9H16ClNO3/c1-3-4-7(8(12)5-10)6-11-9(13)14-2/h7H,3-6H2,1-2H3,(H,11,13). The minimum atomic E-state index is -0.520. The van der Waals surface area contributed by atoms with Crippen LogP contribution in [0, 0.1) is 5.92 Å². The topological polar surface area (TPSA) is 55.4 Å². The van der Waals surface area contributed by atoms with E-state index in [0.29, 0.717) is 6.54 Å². The summed E-state index contributed by atoms with van der Waals surface area (Å²) in [5, 5.41) is 2.49. The molecule has 0 bridgehead atoms. The van der Waals surface area contributed by atoms with E-state index in [0.717, 1.165) is 12.8 Å². The maximum atomic E-state index is 11.3. The predicted molar refractivity (Wildman–Crippen MR) is 54.5 cm³/mol. The van der Waals surface area contributed by atoms with Gasteiger partial charge >= 0.3 is 6.09 Å². The van der Waals surface area contributed by atoms with E-state index in [1.807, 2.05) is 6.92 Å². The van der Waals surface area contributed by atoms with Crippen LogP contribution in [0.4, 0.5) is 4.79 Å². The third-order valence-corrected chi connectivity index (χ3v) is 2.17. The Balaban J connectivity index is 3.96. The van der Waals surface area contributed by atoms with E-state index in [2.05, 4.69) is 10.1 Å². The summed E-state index contributed by atoms with van der Waals surface area (Å²) in [5.74, 6) is -0.241. The fraction of sp³-hybridized carbons (Fsp3) is 0.778. The Morgan fingerprint density at radius 1 is 1.50 bits per heavy atom. The van der Waals surface area contributed by atoms with E-state index in [4.69, 9.17) is 11.6 Å². The molecule has 0 aromatic heterocycles. The van der Waals surface area contributed by atoms with E-state index < -0.39 is 6.09 Å². The minimum Gasteiger partial charge on any atom is -0.453 e. The summed E-state index contributed by atoms with van der Waals surface area (Å²) in [6, 6.07) is 0. The Bertz CT molecular complexity index is 196. The number of carbonyl (C=O) groups is 2. The Labute approximate surface area is 88.9 Å². The first kappa shape index (κ1) is 13.2. The number of methoxy groups -OCH3 is 1. The van der Waals surface area contributed by atoms with Crippen molar-refractivity contribution in [2.75, 3.05) is 19.5 Å². The molecule has 0 aliphatic carbocycles. The van der Waals surface area contributed by atoms with Gasteiger partial charge in [-0.3, -0.25) is 4.79 Å². The number of amides is 1. The number of ether oxygens (including phenoxy) is 1. The average molecular weight is 222 g/mol. The SMILES string of the molecule is CCCC(CNC(=O)OC)C(=O)CCl. The molecule has 1 amide bonds. The quantitative estimate of drug-likeness (QED) is 0.693. The second-order valence-electron chi connectivity index (χ2n) is 2.96. The largest absolute Gasteiger partial charge is 0.453 e. The van der Waals surface area contributed by atoms with Gasteiger partial charge < -0.3 is 10.1 Å². The lowest BCUT2D eigenvalue weighted by atomic mass is 10.00. The van der Waals surface area contributed by atoms with Crippen LogP contribution in [-0.4, -0.2) is 31.4 Å². The molecule has 0 heterocycles. The molecule has 0 saturated carbocycles. The maximum absolute atomic E-state index is 11.3. The second kappa shape index (κ2) is 7.62. The number of ketones is 1. The normalized spacial score (nSPS) is 11.9. The Morgan fingerprint density at radius 2 is 2.14 bits per heavy atom. The molecule has 4 nitrogen and oxygen atoms in total. The summed E-state index contributed by atoms with van der Waals surface area (Å²) in [6.45, 7) is 2.28. The predicted octanol–water partition coefficient (Wildman–Crippen LogP) is 1.57. The van der Waals surface area contributed by atoms with Gasteiger partial charge in [-0.05, 0) is 6.42 Å². The monoisotopic (exact) mass is 221 g/mol. The van der Waals surface area contributed by atoms with Gasteiger partial charge in [0.2, 0.25) is 0 Å². The fourth-order valence-electron chi connectivity index (χ4n) is 1.11. The van der Waals surface area contributed by atoms with E-state index in [1.54, 1.807) is 0 Å². The molecule has 0 rings (SSSR count). The van der Waals surface area contributed by atoms with Gasteiger partial charge in [0.25, 0.3) is 0 Å². The van der Waals surface area contributed by atoms with Gasteiger partial charge in [0.05, 0.1) is 13.0 Å². The van der Waals surface area contributed by atoms with Crippen LogP contribution in [0.5, 0.6) is 0 Å². The van der Waals surface area contributed by atoms with Crippen molar-refractivity contribution >= 4 is 23.5 Å². The summed E-state index contributed by atoms with van der Waals surface area (Å²) in [7, 11) is 1.29. The molecule has 0 aliphatic rings. The van der Waals surface area contributed by atoms with Gasteiger partial charge in [-0.15, -0.1) is 11.6 Å². The highest BCUT2D eigenvalue weighted by atomic mass is 35.5. The molecule has 0 aromatic rings. The Kier molecular flexibility index (Phi) is 7.20. The molecule has 0 fully saturated rings. The molecule has 0 radical (unpaired) electrons. The fourth-order valence-corrected chi connectivity index (χ4v) is 1.33. The van der Waals surface area contributed by atoms with Crippen molar-refractivity contribution in [2.45, 2.75) is 19.8 Å². The van der Waals surface area contributed by atoms with Gasteiger partial charge in [0, 0.05) is 12.5 Å². The number of hydrogen-bond acceptors (Lipinski definition) is 3. The summed E-state index contributed by atoms with van der Waals surface area (Å²) in [6.07, 6.45) is 1.10. The second-order valence-corrected chi connectivity index (χ2v) is 3.23. The van der Waals surface area contributed by atoms with Crippen molar-refractivity contribution in [3.63, 3.8) is 0 Å². The molecule has 14 heavy (non-hydrogen) atoms. The Hall–Kier alpha value is -0.770. The number of alkyl halides is 1. The molecule has 1 atom stereocenters. The number of halogens is 1. The molecule has 1 unspecified atom stereocenters. The molecular formula is C9H16ClNO3. The smallest absolute Gasteiger partial charge is 0.406 e. The van der Waals surface area contributed by atoms with E-state index in [1.165, 1.54) is 7.11 Å². The van der Waals surface area contributed by atoms with Gasteiger partial charge in [-0.1, -0.05) is 13.3 Å². The molecule has 0 saturated heterocycles. The van der Waals surface area contributed by atoms with E-state index in [-0.39, 0.29) is 17.6 Å². The highest BCUT2D eigenvalue weighted by Gasteiger charge is 2.17. The van der Waals surface area contributed by atoms with Gasteiger partial charge in [0.1, 0.15) is 0 Å². The van der Waals surface area contributed by atoms with Crippen LogP contribution in [0.15, 0.2) is 0 Å². The van der Waals surface area contributed by atoms with Crippen LogP contribution in [-0.2, 0) is 9.53 Å². The van der Waals surface area contributed by atoms with Crippen LogP contribution >= 0.6 is 11.6 Å². The lowest BCUT2D eigenvalue weighted by Gasteiger charge is -2.13. The summed E-state index contributed by atoms with van der Waals surface area (Å²) < 4.78 is 4.40. The van der Waals surface area contributed by atoms with Crippen LogP contribution in [0.2, 0.25) is 0 Å². The number of alkyl carbamates (subject to hydrolysis) is 1. The molecule has 0 aliphatic heterocycles. The number of Topliss-reactive ketones (excluding diaryl/α,β-unsaturated/α-hetero) is 1. The van der Waals surface area contributed by atoms with Crippen molar-refractivity contribution in [3.05, 3.63) is 0 Å². The zero-order chi connectivity index (χ0) is 11.0. The van der Waals surface area contributed by atoms with Crippen molar-refractivity contribution in [1.29, 1.82) is 0 Å². The van der Waals surface area contributed by atoms with E-state index >= 15 is 0 Å². The number of nitrogens with one attached hydrogen (secondary N) is 1. The van der Waals surface area contributed by atoms with Crippen molar-refractivity contribution in [2.24, 2.45) is 5.92 Å². The number of carbonyl (C=O) groups excluding carboxylic acids is 2. The third-order valence-electron chi connectivity index (χ3n) is 1.90. The number of rotatable bonds is 6. The van der Waals surface area contributed by atoms with Gasteiger partial charge in [0.15, 0.2) is 5.78 Å². The first-order valence-corrected chi connectivity index (χ1v) is 5.09. The highest BCUT2D eigenvalue weighted by Crippen LogP contribution is 2.07. The zero-order valence-corrected chi connectivity index (χ0v) is 9.26. The van der Waals surface area contributed by atoms with Crippen molar-refractivity contribution in [1.82, 2.24) is 5.32 Å². The van der Waals surface area contributed by atoms with Gasteiger partial charge in [-0.25, -0.2) is 4.79 Å². The minimum absolute atomic E-state index is 0.00643. The highest BCUT2D eigenvalue weighted by molar-refractivity contribution is 6.27. The number of hydrogen-bond donors (Lipinski definition) is 1. The third kappa shape index (κ3) is 5.07. The van der Waals surface area contributed by atoms with Crippen LogP contribution in [0.25, 0.3) is 0 Å². The Morgan fingerprint density at radius 3 is 2.57 bits per heavy atom. The zero-order valence-electron chi connectivity index (χ0n) is 8.51. The first-order chi connectivity index (χ1) is 6.65. The maximum Gasteiger partial charge on any atom is 0.406 e. The van der Waals surface area contributed by atoms with Gasteiger partial charge in [-0.2, -0.15) is 0 Å². The molecular weight excluding hydrogens is 206 g/mol. The molecule has 0 aromatic carbocycles. The lowest BCUT2D eigenvalue weighted by Crippen LogP contribution is -2.33. The molecule has 0 spiro atoms. The molecule has 82 valence electrons. The van der Waals surface area contributed by atoms with Crippen molar-refractivity contribution < 1.29 is 14.3 Å².